The molecule has 2 aromatic heterocycles. The lowest BCUT2D eigenvalue weighted by atomic mass is 10.0. The van der Waals surface area contributed by atoms with E-state index in [9.17, 15) is 9.59 Å². The Morgan fingerprint density at radius 3 is 2.61 bits per heavy atom. The van der Waals surface area contributed by atoms with Crippen molar-refractivity contribution in [2.75, 3.05) is 13.1 Å². The minimum absolute atomic E-state index is 0.0485. The number of carbonyl (C=O) groups is 2. The quantitative estimate of drug-likeness (QED) is 0.569. The molecule has 1 saturated heterocycles. The molecule has 0 radical (unpaired) electrons. The van der Waals surface area contributed by atoms with Gasteiger partial charge in [-0.25, -0.2) is 0 Å². The van der Waals surface area contributed by atoms with Crippen molar-refractivity contribution in [1.82, 2.24) is 14.8 Å². The van der Waals surface area contributed by atoms with Crippen molar-refractivity contribution in [3.8, 4) is 5.69 Å². The van der Waals surface area contributed by atoms with Crippen molar-refractivity contribution in [3.63, 3.8) is 0 Å². The van der Waals surface area contributed by atoms with E-state index in [2.05, 4.69) is 27.9 Å². The van der Waals surface area contributed by atoms with Crippen molar-refractivity contribution >= 4 is 34.4 Å². The van der Waals surface area contributed by atoms with Gasteiger partial charge in [-0.15, -0.1) is 0 Å². The molecule has 0 unspecified atom stereocenters. The number of rotatable bonds is 4. The van der Waals surface area contributed by atoms with Crippen LogP contribution in [-0.2, 0) is 0 Å². The smallest absolute Gasteiger partial charge is 0.289 e. The van der Waals surface area contributed by atoms with Crippen LogP contribution in [0.25, 0.3) is 5.69 Å². The fourth-order valence-electron chi connectivity index (χ4n) is 3.46. The summed E-state index contributed by atoms with van der Waals surface area (Å²) in [4.78, 5) is 26.9. The third kappa shape index (κ3) is 3.99. The Balaban J connectivity index is 1.38. The first kappa shape index (κ1) is 18.8. The molecule has 2 amide bonds. The van der Waals surface area contributed by atoms with Crippen molar-refractivity contribution in [1.29, 1.82) is 0 Å². The summed E-state index contributed by atoms with van der Waals surface area (Å²) in [6.07, 6.45) is 4.85. The van der Waals surface area contributed by atoms with Gasteiger partial charge in [0, 0.05) is 34.6 Å². The van der Waals surface area contributed by atoms with E-state index in [4.69, 9.17) is 4.42 Å². The molecule has 7 heteroatoms. The van der Waals surface area contributed by atoms with Crippen LogP contribution in [0.3, 0.4) is 0 Å². The number of hydrogen-bond acceptors (Lipinski definition) is 3. The van der Waals surface area contributed by atoms with E-state index >= 15 is 0 Å². The molecular weight excluding hydrogens is 469 g/mol. The molecule has 1 N–H and O–H groups in total. The minimum Gasteiger partial charge on any atom is -0.459 e. The summed E-state index contributed by atoms with van der Waals surface area (Å²) in [5.41, 5.74) is 1.57. The van der Waals surface area contributed by atoms with Crippen LogP contribution >= 0.6 is 22.6 Å². The SMILES string of the molecule is O=C(NC1CCN(C(=O)c2ccco2)CC1)c1cccn1-c1cccc(I)c1. The summed E-state index contributed by atoms with van der Waals surface area (Å²) >= 11 is 2.26. The number of hydrogen-bond donors (Lipinski definition) is 1. The van der Waals surface area contributed by atoms with E-state index in [1.165, 1.54) is 6.26 Å². The number of carbonyl (C=O) groups excluding carboxylic acids is 2. The first-order valence-electron chi connectivity index (χ1n) is 9.19. The molecular formula is C21H20IN3O3. The molecule has 6 nitrogen and oxygen atoms in total. The van der Waals surface area contributed by atoms with Crippen molar-refractivity contribution in [2.24, 2.45) is 0 Å². The summed E-state index contributed by atoms with van der Waals surface area (Å²) in [5, 5.41) is 3.12. The van der Waals surface area contributed by atoms with Crippen LogP contribution in [-0.4, -0.2) is 40.4 Å². The zero-order valence-corrected chi connectivity index (χ0v) is 17.3. The van der Waals surface area contributed by atoms with Crippen LogP contribution in [0.15, 0.2) is 65.4 Å². The Hall–Kier alpha value is -2.55. The number of likely N-dealkylation sites (tertiary alicyclic amines) is 1. The molecule has 144 valence electrons. The highest BCUT2D eigenvalue weighted by Crippen LogP contribution is 2.18. The second-order valence-corrected chi connectivity index (χ2v) is 8.01. The van der Waals surface area contributed by atoms with Crippen LogP contribution < -0.4 is 5.32 Å². The Bertz CT molecular complexity index is 972. The van der Waals surface area contributed by atoms with Gasteiger partial charge in [0.25, 0.3) is 11.8 Å². The third-order valence-corrected chi connectivity index (χ3v) is 5.59. The van der Waals surface area contributed by atoms with Crippen molar-refractivity contribution in [2.45, 2.75) is 18.9 Å². The van der Waals surface area contributed by atoms with E-state index in [0.29, 0.717) is 24.5 Å². The van der Waals surface area contributed by atoms with E-state index in [1.54, 1.807) is 17.0 Å². The lowest BCUT2D eigenvalue weighted by Crippen LogP contribution is -2.46. The molecule has 0 saturated carbocycles. The Morgan fingerprint density at radius 2 is 1.89 bits per heavy atom. The average molecular weight is 489 g/mol. The molecule has 28 heavy (non-hydrogen) atoms. The van der Waals surface area contributed by atoms with Gasteiger partial charge in [-0.05, 0) is 77.9 Å². The molecule has 1 fully saturated rings. The number of furan rings is 1. The largest absolute Gasteiger partial charge is 0.459 e. The van der Waals surface area contributed by atoms with Crippen molar-refractivity contribution < 1.29 is 14.0 Å². The standard InChI is InChI=1S/C21H20IN3O3/c22-15-4-1-5-17(14-15)25-10-2-6-18(25)20(26)23-16-8-11-24(12-9-16)21(27)19-7-3-13-28-19/h1-7,10,13-14,16H,8-9,11-12H2,(H,23,26). The van der Waals surface area contributed by atoms with Crippen molar-refractivity contribution in [3.05, 3.63) is 76.0 Å². The zero-order chi connectivity index (χ0) is 19.5. The fourth-order valence-corrected chi connectivity index (χ4v) is 3.99. The van der Waals surface area contributed by atoms with Gasteiger partial charge >= 0.3 is 0 Å². The van der Waals surface area contributed by atoms with Crippen LogP contribution in [0.5, 0.6) is 0 Å². The summed E-state index contributed by atoms with van der Waals surface area (Å²) in [6.45, 7) is 1.20. The maximum atomic E-state index is 12.8. The van der Waals surface area contributed by atoms with Gasteiger partial charge in [-0.1, -0.05) is 6.07 Å². The molecule has 0 atom stereocenters. The normalized spacial score (nSPS) is 14.8. The van der Waals surface area contributed by atoms with Gasteiger partial charge in [-0.2, -0.15) is 0 Å². The highest BCUT2D eigenvalue weighted by atomic mass is 127. The van der Waals surface area contributed by atoms with E-state index in [-0.39, 0.29) is 17.9 Å². The number of benzene rings is 1. The summed E-state index contributed by atoms with van der Waals surface area (Å²) in [6, 6.07) is 15.2. The van der Waals surface area contributed by atoms with Gasteiger partial charge in [0.15, 0.2) is 5.76 Å². The molecule has 0 aliphatic carbocycles. The molecule has 1 aliphatic heterocycles. The minimum atomic E-state index is -0.0975. The van der Waals surface area contributed by atoms with Crippen LogP contribution in [0, 0.1) is 3.57 Å². The predicted octanol–water partition coefficient (Wildman–Crippen LogP) is 3.71. The molecule has 3 aromatic rings. The van der Waals surface area contributed by atoms with E-state index in [0.717, 1.165) is 22.1 Å². The molecule has 1 aromatic carbocycles. The molecule has 0 spiro atoms. The number of nitrogens with zero attached hydrogens (tertiary/aromatic N) is 2. The molecule has 1 aliphatic rings. The Kier molecular flexibility index (Phi) is 5.52. The first-order valence-corrected chi connectivity index (χ1v) is 10.3. The maximum absolute atomic E-state index is 12.8. The van der Waals surface area contributed by atoms with Gasteiger partial charge < -0.3 is 19.2 Å². The highest BCUT2D eigenvalue weighted by molar-refractivity contribution is 14.1. The second-order valence-electron chi connectivity index (χ2n) is 6.76. The van der Waals surface area contributed by atoms with Gasteiger partial charge in [-0.3, -0.25) is 9.59 Å². The fraction of sp³-hybridized carbons (Fsp3) is 0.238. The Morgan fingerprint density at radius 1 is 1.07 bits per heavy atom. The highest BCUT2D eigenvalue weighted by Gasteiger charge is 2.26. The topological polar surface area (TPSA) is 67.5 Å². The monoisotopic (exact) mass is 489 g/mol. The van der Waals surface area contributed by atoms with Gasteiger partial charge in [0.1, 0.15) is 5.69 Å². The Labute approximate surface area is 176 Å². The molecule has 3 heterocycles. The zero-order valence-electron chi connectivity index (χ0n) is 15.2. The number of halogens is 1. The van der Waals surface area contributed by atoms with Gasteiger partial charge in [0.2, 0.25) is 0 Å². The van der Waals surface area contributed by atoms with Gasteiger partial charge in [0.05, 0.1) is 6.26 Å². The number of amides is 2. The summed E-state index contributed by atoms with van der Waals surface area (Å²) in [5.74, 6) is 0.166. The van der Waals surface area contributed by atoms with E-state index < -0.39 is 0 Å². The second kappa shape index (κ2) is 8.22. The molecule has 4 rings (SSSR count). The van der Waals surface area contributed by atoms with Crippen LogP contribution in [0.2, 0.25) is 0 Å². The number of nitrogens with one attached hydrogen (secondary N) is 1. The predicted molar refractivity (Wildman–Crippen MR) is 114 cm³/mol. The first-order chi connectivity index (χ1) is 13.6. The lowest BCUT2D eigenvalue weighted by molar-refractivity contribution is 0.0667. The average Bonchev–Trinajstić information content (AvgIpc) is 3.40. The maximum Gasteiger partial charge on any atom is 0.289 e. The number of aromatic nitrogens is 1. The van der Waals surface area contributed by atoms with Crippen LogP contribution in [0.1, 0.15) is 33.9 Å². The molecule has 0 bridgehead atoms. The van der Waals surface area contributed by atoms with Crippen LogP contribution in [0.4, 0.5) is 0 Å². The van der Waals surface area contributed by atoms with E-state index in [1.807, 2.05) is 47.2 Å². The number of piperidine rings is 1. The lowest BCUT2D eigenvalue weighted by Gasteiger charge is -2.32. The summed E-state index contributed by atoms with van der Waals surface area (Å²) in [7, 11) is 0. The summed E-state index contributed by atoms with van der Waals surface area (Å²) < 4.78 is 8.20. The third-order valence-electron chi connectivity index (χ3n) is 4.92.